The first-order chi connectivity index (χ1) is 20.5. The van der Waals surface area contributed by atoms with Gasteiger partial charge < -0.3 is 12.4 Å². The Hall–Kier alpha value is -1.97. The summed E-state index contributed by atoms with van der Waals surface area (Å²) in [6.07, 6.45) is -2.63. The maximum atomic E-state index is 14.1. The van der Waals surface area contributed by atoms with Gasteiger partial charge in [0.1, 0.15) is 24.8 Å². The Labute approximate surface area is 267 Å². The van der Waals surface area contributed by atoms with Crippen molar-refractivity contribution in [2.24, 2.45) is 0 Å². The molecule has 2 nitrogen and oxygen atoms in total. The Morgan fingerprint density at radius 1 is 0.674 bits per heavy atom. The van der Waals surface area contributed by atoms with E-state index in [9.17, 15) is 61.5 Å². The zero-order valence-corrected chi connectivity index (χ0v) is 25.8. The van der Waals surface area contributed by atoms with Gasteiger partial charge in [-0.1, -0.05) is 56.2 Å². The number of nitrogens with zero attached hydrogens (tertiary/aromatic N) is 2. The molecule has 0 unspecified atom stereocenters. The summed E-state index contributed by atoms with van der Waals surface area (Å²) in [4.78, 5) is 0. The summed E-state index contributed by atoms with van der Waals surface area (Å²) in [5.41, 5.74) is 0.370. The number of unbranched alkanes of at least 4 members (excludes halogenated alkanes) is 8. The van der Waals surface area contributed by atoms with Crippen LogP contribution in [0.25, 0.3) is 0 Å². The first-order valence-corrected chi connectivity index (χ1v) is 14.3. The molecular formula is C28H32Cl2F14N2. The van der Waals surface area contributed by atoms with Crippen molar-refractivity contribution in [1.29, 1.82) is 0 Å². The molecule has 1 heterocycles. The number of aryl methyl sites for hydroxylation is 1. The van der Waals surface area contributed by atoms with Crippen LogP contribution in [0.4, 0.5) is 61.5 Å². The monoisotopic (exact) mass is 732 g/mol. The zero-order chi connectivity index (χ0) is 34.5. The van der Waals surface area contributed by atoms with Crippen molar-refractivity contribution in [3.63, 3.8) is 0 Å². The maximum Gasteiger partial charge on any atom is 0.460 e. The second kappa shape index (κ2) is 16.0. The van der Waals surface area contributed by atoms with Crippen molar-refractivity contribution < 1.29 is 78.4 Å². The average molecular weight is 733 g/mol. The van der Waals surface area contributed by atoms with Gasteiger partial charge in [0.05, 0.1) is 11.6 Å². The van der Waals surface area contributed by atoms with Crippen LogP contribution < -0.4 is 17.0 Å². The molecule has 0 fully saturated rings. The molecule has 0 N–H and O–H groups in total. The first kappa shape index (κ1) is 42.1. The number of benzene rings is 1. The van der Waals surface area contributed by atoms with Crippen molar-refractivity contribution in [2.75, 3.05) is 0 Å². The van der Waals surface area contributed by atoms with Gasteiger partial charge in [-0.25, -0.2) is 13.5 Å². The van der Waals surface area contributed by atoms with Gasteiger partial charge in [0, 0.05) is 18.9 Å². The van der Waals surface area contributed by atoms with Gasteiger partial charge in [-0.15, -0.1) is 0 Å². The molecule has 0 amide bonds. The van der Waals surface area contributed by atoms with E-state index in [0.717, 1.165) is 31.5 Å². The van der Waals surface area contributed by atoms with E-state index in [4.69, 9.17) is 11.6 Å². The lowest BCUT2D eigenvalue weighted by Gasteiger charge is -2.39. The van der Waals surface area contributed by atoms with E-state index in [0.29, 0.717) is 30.0 Å². The van der Waals surface area contributed by atoms with Crippen LogP contribution in [-0.2, 0) is 13.1 Å². The van der Waals surface area contributed by atoms with E-state index in [1.807, 2.05) is 28.5 Å². The molecule has 0 saturated carbocycles. The lowest BCUT2D eigenvalue weighted by Crippen LogP contribution is -3.00. The fraction of sp³-hybridized carbons (Fsp3) is 0.679. The number of imidazole rings is 1. The predicted octanol–water partition coefficient (Wildman–Crippen LogP) is 7.57. The third-order valence-corrected chi connectivity index (χ3v) is 7.89. The third kappa shape index (κ3) is 8.93. The highest BCUT2D eigenvalue weighted by Gasteiger charge is 2.90. The summed E-state index contributed by atoms with van der Waals surface area (Å²) >= 11 is 6.09. The predicted molar refractivity (Wildman–Crippen MR) is 137 cm³/mol. The average Bonchev–Trinajstić information content (AvgIpc) is 3.26. The molecule has 2 rings (SSSR count). The van der Waals surface area contributed by atoms with Crippen LogP contribution in [0.5, 0.6) is 0 Å². The summed E-state index contributed by atoms with van der Waals surface area (Å²) in [7, 11) is 0. The third-order valence-electron chi connectivity index (χ3n) is 7.54. The highest BCUT2D eigenvalue weighted by Crippen LogP contribution is 2.60. The van der Waals surface area contributed by atoms with Gasteiger partial charge in [-0.2, -0.15) is 57.1 Å². The fourth-order valence-electron chi connectivity index (χ4n) is 4.62. The number of aromatic nitrogens is 2. The van der Waals surface area contributed by atoms with Gasteiger partial charge in [-0.05, 0) is 31.4 Å². The highest BCUT2D eigenvalue weighted by molar-refractivity contribution is 6.31. The largest absolute Gasteiger partial charge is 1.00 e. The van der Waals surface area contributed by atoms with E-state index >= 15 is 0 Å². The van der Waals surface area contributed by atoms with Crippen LogP contribution in [0, 0.1) is 12.7 Å². The normalized spacial score (nSPS) is 13.7. The molecule has 0 saturated heterocycles. The Morgan fingerprint density at radius 3 is 1.65 bits per heavy atom. The second-order valence-electron chi connectivity index (χ2n) is 10.8. The van der Waals surface area contributed by atoms with Gasteiger partial charge >= 0.3 is 35.8 Å². The molecule has 18 heteroatoms. The maximum absolute atomic E-state index is 14.1. The molecule has 0 aliphatic rings. The minimum Gasteiger partial charge on any atom is -1.00 e. The Kier molecular flexibility index (Phi) is 14.6. The standard InChI is InChI=1S/C28H32ClF14N2.ClH/c1-19-44(16-17-45(19)18-20-21(29)12-11-13-22(20)30)15-10-8-6-4-2-3-5-7-9-14-23(31,32)24(33,34)25(35,36)26(37,38)27(39,40)28(41,42)43;/h11-13,16-17H,2-10,14-15,18H2,1H3;1H/q+1;/p-1. The van der Waals surface area contributed by atoms with Crippen LogP contribution in [0.1, 0.15) is 75.6 Å². The van der Waals surface area contributed by atoms with Crippen molar-refractivity contribution in [3.8, 4) is 0 Å². The SMILES string of the molecule is Cc1n(CCCCCCCCCCCC(F)(F)C(F)(F)C(F)(F)C(F)(F)C(F)(F)C(F)(F)F)cc[n+]1Cc1c(F)cccc1Cl.[Cl-]. The lowest BCUT2D eigenvalue weighted by atomic mass is 9.91. The molecule has 266 valence electrons. The Balaban J connectivity index is 0.0000106. The molecule has 0 radical (unpaired) electrons. The molecule has 0 bridgehead atoms. The molecule has 0 atom stereocenters. The summed E-state index contributed by atoms with van der Waals surface area (Å²) in [5.74, 6) is -36.0. The molecule has 0 spiro atoms. The second-order valence-corrected chi connectivity index (χ2v) is 11.2. The molecule has 1 aromatic heterocycles. The van der Waals surface area contributed by atoms with E-state index in [2.05, 4.69) is 0 Å². The van der Waals surface area contributed by atoms with Gasteiger partial charge in [0.15, 0.2) is 0 Å². The molecule has 2 aromatic rings. The Morgan fingerprint density at radius 2 is 1.15 bits per heavy atom. The number of alkyl halides is 13. The van der Waals surface area contributed by atoms with E-state index in [1.165, 1.54) is 12.1 Å². The van der Waals surface area contributed by atoms with Crippen LogP contribution in [0.15, 0.2) is 30.6 Å². The van der Waals surface area contributed by atoms with Crippen molar-refractivity contribution >= 4 is 11.6 Å². The van der Waals surface area contributed by atoms with E-state index in [-0.39, 0.29) is 31.8 Å². The number of hydrogen-bond acceptors (Lipinski definition) is 0. The van der Waals surface area contributed by atoms with E-state index in [1.54, 1.807) is 6.07 Å². The molecule has 0 aliphatic carbocycles. The van der Waals surface area contributed by atoms with Crippen LogP contribution >= 0.6 is 11.6 Å². The first-order valence-electron chi connectivity index (χ1n) is 14.0. The number of hydrogen-bond donors (Lipinski definition) is 0. The van der Waals surface area contributed by atoms with Gasteiger partial charge in [0.2, 0.25) is 0 Å². The quantitative estimate of drug-likeness (QED) is 0.0850. The fourth-order valence-corrected chi connectivity index (χ4v) is 4.85. The van der Waals surface area contributed by atoms with Crippen molar-refractivity contribution in [2.45, 2.75) is 120 Å². The Bertz CT molecular complexity index is 1230. The van der Waals surface area contributed by atoms with Crippen molar-refractivity contribution in [3.05, 3.63) is 52.8 Å². The summed E-state index contributed by atoms with van der Waals surface area (Å²) in [6.45, 7) is 2.81. The molecule has 1 aromatic carbocycles. The smallest absolute Gasteiger partial charge is 0.460 e. The molecule has 46 heavy (non-hydrogen) atoms. The summed E-state index contributed by atoms with van der Waals surface area (Å²) in [5, 5.41) is 0.319. The van der Waals surface area contributed by atoms with Crippen LogP contribution in [0.3, 0.4) is 0 Å². The molecule has 0 aliphatic heterocycles. The van der Waals surface area contributed by atoms with Gasteiger partial charge in [-0.3, -0.25) is 0 Å². The van der Waals surface area contributed by atoms with Gasteiger partial charge in [0.25, 0.3) is 5.82 Å². The summed E-state index contributed by atoms with van der Waals surface area (Å²) in [6, 6.07) is 4.44. The number of halogens is 16. The minimum atomic E-state index is -7.86. The minimum absolute atomic E-state index is 0. The van der Waals surface area contributed by atoms with Crippen molar-refractivity contribution in [1.82, 2.24) is 4.57 Å². The molecular weight excluding hydrogens is 701 g/mol. The van der Waals surface area contributed by atoms with E-state index < -0.39 is 54.4 Å². The number of rotatable bonds is 18. The topological polar surface area (TPSA) is 8.81 Å². The summed E-state index contributed by atoms with van der Waals surface area (Å²) < 4.78 is 189. The lowest BCUT2D eigenvalue weighted by molar-refractivity contribution is -0.694. The highest BCUT2D eigenvalue weighted by atomic mass is 35.5. The van der Waals surface area contributed by atoms with Crippen LogP contribution in [0.2, 0.25) is 5.02 Å². The zero-order valence-electron chi connectivity index (χ0n) is 24.3. The van der Waals surface area contributed by atoms with Crippen LogP contribution in [-0.4, -0.2) is 40.4 Å².